The van der Waals surface area contributed by atoms with Crippen molar-refractivity contribution in [1.29, 1.82) is 0 Å². The molecule has 108 valence electrons. The summed E-state index contributed by atoms with van der Waals surface area (Å²) in [6.07, 6.45) is -1.04. The third-order valence-corrected chi connectivity index (χ3v) is 4.13. The van der Waals surface area contributed by atoms with E-state index in [9.17, 15) is 22.8 Å². The van der Waals surface area contributed by atoms with Gasteiger partial charge in [-0.05, 0) is 25.8 Å². The first-order valence-corrected chi connectivity index (χ1v) is 6.39. The van der Waals surface area contributed by atoms with Crippen molar-refractivity contribution in [3.8, 4) is 0 Å². The van der Waals surface area contributed by atoms with Crippen LogP contribution in [0.25, 0.3) is 0 Å². The van der Waals surface area contributed by atoms with Crippen LogP contribution in [0, 0.1) is 12.7 Å². The van der Waals surface area contributed by atoms with Gasteiger partial charge in [0.15, 0.2) is 5.82 Å². The van der Waals surface area contributed by atoms with Gasteiger partial charge in [0, 0.05) is 18.4 Å². The van der Waals surface area contributed by atoms with Gasteiger partial charge in [0.2, 0.25) is 5.92 Å². The minimum absolute atomic E-state index is 0.0818. The molecule has 4 nitrogen and oxygen atoms in total. The number of nitrogens with zero attached hydrogens (tertiary/aromatic N) is 1. The second kappa shape index (κ2) is 3.86. The fourth-order valence-electron chi connectivity index (χ4n) is 3.03. The lowest BCUT2D eigenvalue weighted by Gasteiger charge is -2.38. The normalized spacial score (nSPS) is 22.7. The molecule has 20 heavy (non-hydrogen) atoms. The van der Waals surface area contributed by atoms with Gasteiger partial charge in [-0.3, -0.25) is 14.2 Å². The number of amides is 1. The highest BCUT2D eigenvalue weighted by molar-refractivity contribution is 5.95. The summed E-state index contributed by atoms with van der Waals surface area (Å²) in [5, 5.41) is 2.53. The van der Waals surface area contributed by atoms with Crippen molar-refractivity contribution in [3.63, 3.8) is 0 Å². The Kier molecular flexibility index (Phi) is 2.55. The van der Waals surface area contributed by atoms with E-state index in [1.807, 2.05) is 0 Å². The molecule has 1 aliphatic heterocycles. The highest BCUT2D eigenvalue weighted by atomic mass is 19.3. The summed E-state index contributed by atoms with van der Waals surface area (Å²) in [6, 6.07) is 1.00. The Balaban J connectivity index is 2.17. The van der Waals surface area contributed by atoms with Crippen molar-refractivity contribution in [3.05, 3.63) is 33.5 Å². The number of fused-ring (bicyclic) bond motifs is 2. The molecule has 7 heteroatoms. The van der Waals surface area contributed by atoms with Crippen molar-refractivity contribution in [1.82, 2.24) is 9.88 Å². The molecule has 0 unspecified atom stereocenters. The molecule has 1 spiro atoms. The van der Waals surface area contributed by atoms with Crippen LogP contribution in [0.3, 0.4) is 0 Å². The Morgan fingerprint density at radius 2 is 1.80 bits per heavy atom. The van der Waals surface area contributed by atoms with E-state index in [0.29, 0.717) is 0 Å². The summed E-state index contributed by atoms with van der Waals surface area (Å²) < 4.78 is 41.5. The van der Waals surface area contributed by atoms with Crippen LogP contribution in [-0.4, -0.2) is 16.4 Å². The maximum atomic E-state index is 13.9. The molecule has 2 heterocycles. The van der Waals surface area contributed by atoms with Crippen molar-refractivity contribution < 1.29 is 18.0 Å². The number of aryl methyl sites for hydroxylation is 1. The van der Waals surface area contributed by atoms with E-state index in [-0.39, 0.29) is 24.1 Å². The van der Waals surface area contributed by atoms with E-state index in [1.165, 1.54) is 6.92 Å². The maximum Gasteiger partial charge on any atom is 0.272 e. The van der Waals surface area contributed by atoms with Crippen LogP contribution in [-0.2, 0) is 5.66 Å². The summed E-state index contributed by atoms with van der Waals surface area (Å²) in [7, 11) is 0. The number of aromatic nitrogens is 1. The van der Waals surface area contributed by atoms with E-state index in [4.69, 9.17) is 0 Å². The third-order valence-electron chi connectivity index (χ3n) is 4.13. The van der Waals surface area contributed by atoms with Crippen LogP contribution in [0.2, 0.25) is 0 Å². The summed E-state index contributed by atoms with van der Waals surface area (Å²) in [4.78, 5) is 24.1. The Bertz CT molecular complexity index is 656. The van der Waals surface area contributed by atoms with Crippen LogP contribution in [0.15, 0.2) is 10.9 Å². The summed E-state index contributed by atoms with van der Waals surface area (Å²) in [5.74, 6) is -4.32. The largest absolute Gasteiger partial charge is 0.327 e. The van der Waals surface area contributed by atoms with Crippen LogP contribution in [0.5, 0.6) is 0 Å². The van der Waals surface area contributed by atoms with Gasteiger partial charge in [0.05, 0.1) is 0 Å². The Morgan fingerprint density at radius 1 is 1.20 bits per heavy atom. The lowest BCUT2D eigenvalue weighted by atomic mass is 9.86. The molecule has 1 saturated carbocycles. The van der Waals surface area contributed by atoms with Gasteiger partial charge < -0.3 is 5.32 Å². The molecule has 3 rings (SSSR count). The molecule has 2 aliphatic rings. The minimum atomic E-state index is -2.80. The molecular weight excluding hydrogens is 273 g/mol. The first-order chi connectivity index (χ1) is 9.26. The molecule has 1 fully saturated rings. The van der Waals surface area contributed by atoms with Crippen molar-refractivity contribution >= 4 is 5.91 Å². The standard InChI is InChI=1S/C13H13F3N2O2/c1-7-6-8(14)9-10(19)17-13(18(9)11(7)20)4-2-12(15,16)3-5-13/h6H,2-5H2,1H3,(H,17,19). The van der Waals surface area contributed by atoms with Crippen LogP contribution in [0.4, 0.5) is 13.2 Å². The lowest BCUT2D eigenvalue weighted by molar-refractivity contribution is -0.0668. The number of rotatable bonds is 0. The monoisotopic (exact) mass is 286 g/mol. The Morgan fingerprint density at radius 3 is 2.40 bits per heavy atom. The van der Waals surface area contributed by atoms with Crippen molar-refractivity contribution in [2.75, 3.05) is 0 Å². The van der Waals surface area contributed by atoms with Gasteiger partial charge in [0.25, 0.3) is 11.5 Å². The quantitative estimate of drug-likeness (QED) is 0.792. The van der Waals surface area contributed by atoms with Gasteiger partial charge in [-0.2, -0.15) is 0 Å². The van der Waals surface area contributed by atoms with Gasteiger partial charge in [-0.25, -0.2) is 13.2 Å². The van der Waals surface area contributed by atoms with E-state index in [0.717, 1.165) is 10.6 Å². The molecule has 0 radical (unpaired) electrons. The van der Waals surface area contributed by atoms with Crippen LogP contribution >= 0.6 is 0 Å². The third kappa shape index (κ3) is 1.68. The van der Waals surface area contributed by atoms with E-state index >= 15 is 0 Å². The molecule has 1 N–H and O–H groups in total. The summed E-state index contributed by atoms with van der Waals surface area (Å²) in [6.45, 7) is 1.44. The Labute approximate surface area is 112 Å². The fourth-order valence-corrected chi connectivity index (χ4v) is 3.03. The van der Waals surface area contributed by atoms with E-state index < -0.39 is 41.7 Å². The second-order valence-corrected chi connectivity index (χ2v) is 5.51. The highest BCUT2D eigenvalue weighted by Crippen LogP contribution is 2.43. The zero-order valence-corrected chi connectivity index (χ0v) is 10.8. The molecule has 1 aromatic heterocycles. The number of carbonyl (C=O) groups is 1. The second-order valence-electron chi connectivity index (χ2n) is 5.51. The van der Waals surface area contributed by atoms with Crippen LogP contribution < -0.4 is 10.9 Å². The van der Waals surface area contributed by atoms with Gasteiger partial charge in [-0.1, -0.05) is 0 Å². The number of halogens is 3. The fraction of sp³-hybridized carbons (Fsp3) is 0.538. The number of pyridine rings is 1. The maximum absolute atomic E-state index is 13.9. The lowest BCUT2D eigenvalue weighted by Crippen LogP contribution is -2.51. The van der Waals surface area contributed by atoms with Crippen LogP contribution in [0.1, 0.15) is 41.7 Å². The van der Waals surface area contributed by atoms with Crippen molar-refractivity contribution in [2.24, 2.45) is 0 Å². The number of carbonyl (C=O) groups excluding carboxylic acids is 1. The number of nitrogens with one attached hydrogen (secondary N) is 1. The number of hydrogen-bond acceptors (Lipinski definition) is 2. The number of alkyl halides is 2. The van der Waals surface area contributed by atoms with E-state index in [2.05, 4.69) is 5.32 Å². The van der Waals surface area contributed by atoms with Crippen molar-refractivity contribution in [2.45, 2.75) is 44.2 Å². The van der Waals surface area contributed by atoms with Gasteiger partial charge >= 0.3 is 0 Å². The molecule has 1 aromatic rings. The van der Waals surface area contributed by atoms with Gasteiger partial charge in [-0.15, -0.1) is 0 Å². The average molecular weight is 286 g/mol. The zero-order chi connectivity index (χ0) is 14.7. The topological polar surface area (TPSA) is 51.1 Å². The first kappa shape index (κ1) is 13.2. The molecule has 0 atom stereocenters. The average Bonchev–Trinajstić information content (AvgIpc) is 2.65. The molecule has 1 aliphatic carbocycles. The SMILES string of the molecule is Cc1cc(F)c2n(c1=O)C1(CCC(F)(F)CC1)NC2=O. The van der Waals surface area contributed by atoms with Gasteiger partial charge in [0.1, 0.15) is 11.4 Å². The highest BCUT2D eigenvalue weighted by Gasteiger charge is 2.51. The smallest absolute Gasteiger partial charge is 0.272 e. The Hall–Kier alpha value is -1.79. The minimum Gasteiger partial charge on any atom is -0.327 e. The number of hydrogen-bond donors (Lipinski definition) is 1. The van der Waals surface area contributed by atoms with E-state index in [1.54, 1.807) is 0 Å². The predicted molar refractivity (Wildman–Crippen MR) is 64.3 cm³/mol. The first-order valence-electron chi connectivity index (χ1n) is 6.39. The molecular formula is C13H13F3N2O2. The predicted octanol–water partition coefficient (Wildman–Crippen LogP) is 1.90. The molecule has 0 bridgehead atoms. The molecule has 1 amide bonds. The zero-order valence-electron chi connectivity index (χ0n) is 10.8. The summed E-state index contributed by atoms with van der Waals surface area (Å²) >= 11 is 0. The molecule has 0 saturated heterocycles. The molecule has 0 aromatic carbocycles. The summed E-state index contributed by atoms with van der Waals surface area (Å²) in [5.41, 5.74) is -1.92.